The number of alkyl halides is 6. The van der Waals surface area contributed by atoms with Crippen molar-refractivity contribution in [2.24, 2.45) is 0 Å². The van der Waals surface area contributed by atoms with Crippen molar-refractivity contribution in [2.75, 3.05) is 0 Å². The van der Waals surface area contributed by atoms with Crippen LogP contribution in [0, 0.1) is 0 Å². The van der Waals surface area contributed by atoms with E-state index in [-0.39, 0.29) is 11.1 Å². The van der Waals surface area contributed by atoms with Crippen LogP contribution in [-0.2, 0) is 42.7 Å². The lowest BCUT2D eigenvalue weighted by molar-refractivity contribution is -0.147. The maximum Gasteiger partial charge on any atom is 0.516 e. The van der Waals surface area contributed by atoms with E-state index >= 15 is 0 Å². The number of carbonyl (C=O) groups excluding carboxylic acids is 4. The van der Waals surface area contributed by atoms with Gasteiger partial charge in [0.1, 0.15) is 0 Å². The van der Waals surface area contributed by atoms with Gasteiger partial charge in [-0.25, -0.2) is 8.61 Å². The summed E-state index contributed by atoms with van der Waals surface area (Å²) in [7, 11) is -13.6. The highest BCUT2D eigenvalue weighted by atomic mass is 32.2. The highest BCUT2D eigenvalue weighted by Crippen LogP contribution is 2.32. The molecule has 0 fully saturated rings. The largest absolute Gasteiger partial charge is 0.516 e. The second-order valence-corrected chi connectivity index (χ2v) is 11.7. The minimum Gasteiger partial charge on any atom is -0.295 e. The summed E-state index contributed by atoms with van der Waals surface area (Å²) in [5, 5.41) is 0. The van der Waals surface area contributed by atoms with Gasteiger partial charge in [-0.15, -0.1) is 0 Å². The van der Waals surface area contributed by atoms with E-state index in [0.717, 1.165) is 50.2 Å². The van der Waals surface area contributed by atoms with E-state index < -0.39 is 87.3 Å². The number of hydrogen-bond donors (Lipinski definition) is 0. The first-order chi connectivity index (χ1) is 18.1. The Morgan fingerprint density at radius 1 is 0.625 bits per heavy atom. The second-order valence-electron chi connectivity index (χ2n) is 8.04. The minimum absolute atomic E-state index is 0.160. The lowest BCUT2D eigenvalue weighted by atomic mass is 10.1. The maximum absolute atomic E-state index is 13.4. The quantitative estimate of drug-likeness (QED) is 0.250. The molecule has 0 bridgehead atoms. The van der Waals surface area contributed by atoms with Crippen LogP contribution in [0.3, 0.4) is 0 Å². The topological polar surface area (TPSA) is 143 Å². The van der Waals surface area contributed by atoms with Gasteiger partial charge in [0.05, 0.1) is 13.1 Å². The molecule has 218 valence electrons. The molecule has 0 N–H and O–H groups in total. The van der Waals surface area contributed by atoms with Crippen LogP contribution in [0.5, 0.6) is 0 Å². The fourth-order valence-electron chi connectivity index (χ4n) is 3.10. The van der Waals surface area contributed by atoms with Gasteiger partial charge in [-0.05, 0) is 37.1 Å². The summed E-state index contributed by atoms with van der Waals surface area (Å²) in [4.78, 5) is 48.8. The molecular weight excluding hydrogens is 598 g/mol. The van der Waals surface area contributed by atoms with Crippen LogP contribution in [0.15, 0.2) is 48.5 Å². The normalized spacial score (nSPS) is 12.5. The Morgan fingerprint density at radius 3 is 1.18 bits per heavy atom. The molecule has 0 spiro atoms. The number of sulfonamides is 2. The smallest absolute Gasteiger partial charge is 0.295 e. The predicted octanol–water partition coefficient (Wildman–Crippen LogP) is 3.15. The zero-order valence-electron chi connectivity index (χ0n) is 20.3. The zero-order chi connectivity index (χ0) is 30.8. The second kappa shape index (κ2) is 11.4. The van der Waals surface area contributed by atoms with Crippen molar-refractivity contribution in [3.63, 3.8) is 0 Å². The van der Waals surface area contributed by atoms with Gasteiger partial charge in [0, 0.05) is 11.1 Å². The van der Waals surface area contributed by atoms with Crippen molar-refractivity contribution in [2.45, 2.75) is 38.0 Å². The standard InChI is InChI=1S/C22H18F6N2O8S2/c1-13(31)17-7-3-5-15(9-17)11-29(39(35,36)21(23,24)25)19(33)20(34)30(40(37,38)22(26,27)28)12-16-6-4-8-18(10-16)14(2)32/h3-10H,11-12H2,1-2H3. The van der Waals surface area contributed by atoms with Gasteiger partial charge < -0.3 is 0 Å². The van der Waals surface area contributed by atoms with Crippen molar-refractivity contribution in [3.8, 4) is 0 Å². The van der Waals surface area contributed by atoms with E-state index in [2.05, 4.69) is 0 Å². The van der Waals surface area contributed by atoms with Crippen LogP contribution < -0.4 is 0 Å². The summed E-state index contributed by atoms with van der Waals surface area (Å²) in [6.45, 7) is -1.13. The van der Waals surface area contributed by atoms with Gasteiger partial charge in [-0.3, -0.25) is 19.2 Å². The summed E-state index contributed by atoms with van der Waals surface area (Å²) in [5.74, 6) is -6.85. The van der Waals surface area contributed by atoms with Gasteiger partial charge in [0.2, 0.25) is 0 Å². The third-order valence-corrected chi connectivity index (χ3v) is 8.04. The van der Waals surface area contributed by atoms with E-state index in [0.29, 0.717) is 0 Å². The average molecular weight is 617 g/mol. The molecule has 0 radical (unpaired) electrons. The lowest BCUT2D eigenvalue weighted by Gasteiger charge is -2.27. The SMILES string of the molecule is CC(=O)c1cccc(CN(C(=O)C(=O)N(Cc2cccc(C(C)=O)c2)S(=O)(=O)C(F)(F)F)S(=O)(=O)C(F)(F)F)c1. The molecule has 0 heterocycles. The number of carbonyl (C=O) groups is 4. The molecule has 0 aliphatic heterocycles. The van der Waals surface area contributed by atoms with Crippen LogP contribution >= 0.6 is 0 Å². The van der Waals surface area contributed by atoms with Crippen molar-refractivity contribution in [3.05, 3.63) is 70.8 Å². The molecule has 0 atom stereocenters. The number of hydrogen-bond acceptors (Lipinski definition) is 8. The maximum atomic E-state index is 13.4. The van der Waals surface area contributed by atoms with Crippen molar-refractivity contribution >= 4 is 43.4 Å². The molecule has 40 heavy (non-hydrogen) atoms. The first kappa shape index (κ1) is 32.4. The molecular formula is C22H18F6N2O8S2. The van der Waals surface area contributed by atoms with Gasteiger partial charge in [-0.1, -0.05) is 36.4 Å². The Balaban J connectivity index is 2.69. The minimum atomic E-state index is -6.79. The number of benzene rings is 2. The molecule has 0 aliphatic rings. The van der Waals surface area contributed by atoms with E-state index in [4.69, 9.17) is 0 Å². The Bertz CT molecular complexity index is 1450. The molecule has 2 amide bonds. The fraction of sp³-hybridized carbons (Fsp3) is 0.273. The Morgan fingerprint density at radius 2 is 0.925 bits per heavy atom. The number of ketones is 2. The highest BCUT2D eigenvalue weighted by Gasteiger charge is 2.57. The van der Waals surface area contributed by atoms with Crippen molar-refractivity contribution < 1.29 is 62.4 Å². The number of rotatable bonds is 8. The summed E-state index contributed by atoms with van der Waals surface area (Å²) < 4.78 is 127. The highest BCUT2D eigenvalue weighted by molar-refractivity contribution is 7.91. The summed E-state index contributed by atoms with van der Waals surface area (Å²) in [6.07, 6.45) is 0. The first-order valence-electron chi connectivity index (χ1n) is 10.6. The third kappa shape index (κ3) is 6.85. The molecule has 18 heteroatoms. The molecule has 10 nitrogen and oxygen atoms in total. The van der Waals surface area contributed by atoms with Gasteiger partial charge in [-0.2, -0.15) is 43.2 Å². The van der Waals surface area contributed by atoms with Crippen LogP contribution in [0.2, 0.25) is 0 Å². The average Bonchev–Trinajstić information content (AvgIpc) is 2.83. The number of amides is 2. The molecule has 0 saturated carbocycles. The Labute approximate surface area is 223 Å². The monoisotopic (exact) mass is 616 g/mol. The Hall–Kier alpha value is -3.80. The van der Waals surface area contributed by atoms with Crippen LogP contribution in [0.1, 0.15) is 45.7 Å². The van der Waals surface area contributed by atoms with Crippen LogP contribution in [-0.4, -0.2) is 59.8 Å². The molecule has 0 aliphatic carbocycles. The van der Waals surface area contributed by atoms with Crippen LogP contribution in [0.25, 0.3) is 0 Å². The van der Waals surface area contributed by atoms with E-state index in [1.165, 1.54) is 12.1 Å². The van der Waals surface area contributed by atoms with E-state index in [1.807, 2.05) is 0 Å². The summed E-state index contributed by atoms with van der Waals surface area (Å²) in [5.41, 5.74) is -13.8. The van der Waals surface area contributed by atoms with Crippen LogP contribution in [0.4, 0.5) is 26.3 Å². The lowest BCUT2D eigenvalue weighted by Crippen LogP contribution is -2.53. The van der Waals surface area contributed by atoms with E-state index in [1.54, 1.807) is 0 Å². The summed E-state index contributed by atoms with van der Waals surface area (Å²) in [6, 6.07) is 8.12. The van der Waals surface area contributed by atoms with Crippen molar-refractivity contribution in [1.29, 1.82) is 0 Å². The molecule has 0 aromatic heterocycles. The molecule has 2 aromatic carbocycles. The van der Waals surface area contributed by atoms with Gasteiger partial charge >= 0.3 is 42.9 Å². The first-order valence-corrected chi connectivity index (χ1v) is 13.5. The zero-order valence-corrected chi connectivity index (χ0v) is 21.9. The molecule has 0 unspecified atom stereocenters. The number of Topliss-reactive ketones (excluding diaryl/α,β-unsaturated/α-hetero) is 2. The van der Waals surface area contributed by atoms with Crippen molar-refractivity contribution in [1.82, 2.24) is 8.61 Å². The van der Waals surface area contributed by atoms with Gasteiger partial charge in [0.15, 0.2) is 11.6 Å². The predicted molar refractivity (Wildman–Crippen MR) is 124 cm³/mol. The number of nitrogens with zero attached hydrogens (tertiary/aromatic N) is 2. The van der Waals surface area contributed by atoms with Gasteiger partial charge in [0.25, 0.3) is 0 Å². The number of halogens is 6. The molecule has 2 aromatic rings. The molecule has 0 saturated heterocycles. The Kier molecular flexibility index (Phi) is 9.21. The third-order valence-electron chi connectivity index (χ3n) is 5.12. The van der Waals surface area contributed by atoms with E-state index in [9.17, 15) is 62.4 Å². The fourth-order valence-corrected chi connectivity index (χ4v) is 4.83. The summed E-state index contributed by atoms with van der Waals surface area (Å²) >= 11 is 0. The molecule has 2 rings (SSSR count).